The lowest BCUT2D eigenvalue weighted by molar-refractivity contribution is -0.114. The molecule has 24 heavy (non-hydrogen) atoms. The van der Waals surface area contributed by atoms with E-state index < -0.39 is 11.7 Å². The van der Waals surface area contributed by atoms with Crippen LogP contribution in [-0.4, -0.2) is 45.2 Å². The Bertz CT molecular complexity index is 595. The molecule has 6 nitrogen and oxygen atoms in total. The van der Waals surface area contributed by atoms with Crippen LogP contribution in [-0.2, 0) is 9.53 Å². The molecule has 0 unspecified atom stereocenters. The monoisotopic (exact) mass is 337 g/mol. The van der Waals surface area contributed by atoms with Crippen molar-refractivity contribution < 1.29 is 18.7 Å². The van der Waals surface area contributed by atoms with Gasteiger partial charge in [-0.15, -0.1) is 0 Å². The average Bonchev–Trinajstić information content (AvgIpc) is 2.55. The molecule has 0 atom stereocenters. The summed E-state index contributed by atoms with van der Waals surface area (Å²) in [5.41, 5.74) is 0.173. The van der Waals surface area contributed by atoms with E-state index in [9.17, 15) is 14.0 Å². The molecule has 1 saturated heterocycles. The van der Waals surface area contributed by atoms with E-state index >= 15 is 0 Å². The Hall–Kier alpha value is -1.99. The van der Waals surface area contributed by atoms with Gasteiger partial charge in [0, 0.05) is 31.7 Å². The van der Waals surface area contributed by atoms with E-state index in [-0.39, 0.29) is 16.9 Å². The third kappa shape index (κ3) is 4.75. The predicted octanol–water partition coefficient (Wildman–Crippen LogP) is 1.53. The number of hydrogen-bond acceptors (Lipinski definition) is 4. The normalized spacial score (nSPS) is 16.5. The van der Waals surface area contributed by atoms with Crippen LogP contribution in [0.5, 0.6) is 0 Å². The van der Waals surface area contributed by atoms with Crippen molar-refractivity contribution in [3.05, 3.63) is 29.6 Å². The van der Waals surface area contributed by atoms with E-state index in [1.807, 2.05) is 0 Å². The molecule has 0 radical (unpaired) electrons. The first-order valence-electron chi connectivity index (χ1n) is 8.01. The number of nitrogens with one attached hydrogen (secondary N) is 3. The van der Waals surface area contributed by atoms with Crippen LogP contribution in [0.25, 0.3) is 0 Å². The second-order valence-electron chi connectivity index (χ2n) is 6.24. The number of piperidine rings is 1. The van der Waals surface area contributed by atoms with Crippen molar-refractivity contribution >= 4 is 17.5 Å². The Labute approximate surface area is 141 Å². The van der Waals surface area contributed by atoms with Gasteiger partial charge in [-0.2, -0.15) is 0 Å². The molecule has 1 aliphatic heterocycles. The fourth-order valence-electron chi connectivity index (χ4n) is 2.98. The summed E-state index contributed by atoms with van der Waals surface area (Å²) in [6.07, 6.45) is 1.77. The summed E-state index contributed by atoms with van der Waals surface area (Å²) >= 11 is 0. The van der Waals surface area contributed by atoms with Gasteiger partial charge in [-0.3, -0.25) is 9.59 Å². The number of benzene rings is 1. The van der Waals surface area contributed by atoms with Crippen molar-refractivity contribution in [2.75, 3.05) is 38.7 Å². The molecule has 1 heterocycles. The van der Waals surface area contributed by atoms with E-state index in [1.165, 1.54) is 25.1 Å². The maximum absolute atomic E-state index is 14.0. The van der Waals surface area contributed by atoms with Crippen LogP contribution in [0.1, 0.15) is 30.1 Å². The molecule has 7 heteroatoms. The lowest BCUT2D eigenvalue weighted by Gasteiger charge is -2.37. The first-order valence-corrected chi connectivity index (χ1v) is 8.01. The molecule has 1 aromatic rings. The molecule has 0 aromatic heterocycles. The Morgan fingerprint density at radius 3 is 2.67 bits per heavy atom. The minimum atomic E-state index is -0.618. The van der Waals surface area contributed by atoms with Crippen LogP contribution in [0.15, 0.2) is 18.2 Å². The van der Waals surface area contributed by atoms with Crippen molar-refractivity contribution in [1.29, 1.82) is 0 Å². The molecule has 0 bridgehead atoms. The summed E-state index contributed by atoms with van der Waals surface area (Å²) < 4.78 is 19.3. The number of amides is 2. The highest BCUT2D eigenvalue weighted by atomic mass is 19.1. The number of carbonyl (C=O) groups excluding carboxylic acids is 2. The average molecular weight is 337 g/mol. The Kier molecular flexibility index (Phi) is 6.28. The maximum atomic E-state index is 14.0. The highest BCUT2D eigenvalue weighted by Crippen LogP contribution is 2.28. The fourth-order valence-corrected chi connectivity index (χ4v) is 2.98. The second-order valence-corrected chi connectivity index (χ2v) is 6.24. The maximum Gasteiger partial charge on any atom is 0.254 e. The predicted molar refractivity (Wildman–Crippen MR) is 89.4 cm³/mol. The first-order chi connectivity index (χ1) is 11.5. The largest absolute Gasteiger partial charge is 0.384 e. The third-order valence-corrected chi connectivity index (χ3v) is 4.27. The number of anilines is 1. The van der Waals surface area contributed by atoms with E-state index in [0.717, 1.165) is 25.9 Å². The van der Waals surface area contributed by atoms with Gasteiger partial charge in [0.05, 0.1) is 12.2 Å². The Balaban J connectivity index is 2.07. The van der Waals surface area contributed by atoms with Crippen LogP contribution in [0.4, 0.5) is 10.1 Å². The van der Waals surface area contributed by atoms with Crippen LogP contribution < -0.4 is 16.0 Å². The first kappa shape index (κ1) is 18.4. The lowest BCUT2D eigenvalue weighted by Crippen LogP contribution is -2.47. The van der Waals surface area contributed by atoms with Gasteiger partial charge < -0.3 is 20.7 Å². The molecule has 1 aromatic carbocycles. The fraction of sp³-hybridized carbons (Fsp3) is 0.529. The van der Waals surface area contributed by atoms with Crippen LogP contribution >= 0.6 is 0 Å². The van der Waals surface area contributed by atoms with Gasteiger partial charge in [0.2, 0.25) is 5.91 Å². The highest BCUT2D eigenvalue weighted by molar-refractivity contribution is 5.97. The quantitative estimate of drug-likeness (QED) is 0.735. The zero-order valence-electron chi connectivity index (χ0n) is 14.1. The highest BCUT2D eigenvalue weighted by Gasteiger charge is 2.32. The zero-order chi connectivity index (χ0) is 17.6. The van der Waals surface area contributed by atoms with Gasteiger partial charge in [-0.25, -0.2) is 4.39 Å². The van der Waals surface area contributed by atoms with Crippen LogP contribution in [0.2, 0.25) is 0 Å². The molecule has 0 saturated carbocycles. The number of rotatable bonds is 6. The van der Waals surface area contributed by atoms with Crippen molar-refractivity contribution in [3.8, 4) is 0 Å². The number of hydrogen-bond donors (Lipinski definition) is 3. The SMILES string of the molecule is COCC1(CNC(=O)c2cc(NC(C)=O)ccc2F)CCNCC1. The van der Waals surface area contributed by atoms with Crippen molar-refractivity contribution in [3.63, 3.8) is 0 Å². The summed E-state index contributed by atoms with van der Waals surface area (Å²) in [6, 6.07) is 3.94. The van der Waals surface area contributed by atoms with Gasteiger partial charge in [-0.05, 0) is 44.1 Å². The molecule has 0 aliphatic carbocycles. The van der Waals surface area contributed by atoms with Gasteiger partial charge in [-0.1, -0.05) is 0 Å². The molecule has 2 amide bonds. The number of methoxy groups -OCH3 is 1. The second kappa shape index (κ2) is 8.21. The van der Waals surface area contributed by atoms with Crippen molar-refractivity contribution in [1.82, 2.24) is 10.6 Å². The van der Waals surface area contributed by atoms with E-state index in [1.54, 1.807) is 7.11 Å². The molecular weight excluding hydrogens is 313 g/mol. The Morgan fingerprint density at radius 1 is 1.33 bits per heavy atom. The summed E-state index contributed by atoms with van der Waals surface area (Å²) in [4.78, 5) is 23.5. The molecule has 0 spiro atoms. The summed E-state index contributed by atoms with van der Waals surface area (Å²) in [5, 5.41) is 8.65. The van der Waals surface area contributed by atoms with Crippen molar-refractivity contribution in [2.24, 2.45) is 5.41 Å². The zero-order valence-corrected chi connectivity index (χ0v) is 14.1. The molecule has 1 aliphatic rings. The smallest absolute Gasteiger partial charge is 0.254 e. The summed E-state index contributed by atoms with van der Waals surface area (Å²) in [5.74, 6) is -1.39. The standard InChI is InChI=1S/C17H24FN3O3/c1-12(22)21-13-3-4-15(18)14(9-13)16(23)20-10-17(11-24-2)5-7-19-8-6-17/h3-4,9,19H,5-8,10-11H2,1-2H3,(H,20,23)(H,21,22). The summed E-state index contributed by atoms with van der Waals surface area (Å²) in [7, 11) is 1.64. The Morgan fingerprint density at radius 2 is 2.04 bits per heavy atom. The molecular formula is C17H24FN3O3. The van der Waals surface area contributed by atoms with E-state index in [2.05, 4.69) is 16.0 Å². The minimum absolute atomic E-state index is 0.0808. The number of ether oxygens (including phenoxy) is 1. The van der Waals surface area contributed by atoms with Gasteiger partial charge >= 0.3 is 0 Å². The number of carbonyl (C=O) groups is 2. The van der Waals surface area contributed by atoms with Gasteiger partial charge in [0.25, 0.3) is 5.91 Å². The third-order valence-electron chi connectivity index (χ3n) is 4.27. The van der Waals surface area contributed by atoms with E-state index in [4.69, 9.17) is 4.74 Å². The number of halogens is 1. The van der Waals surface area contributed by atoms with E-state index in [0.29, 0.717) is 18.8 Å². The van der Waals surface area contributed by atoms with Gasteiger partial charge in [0.15, 0.2) is 0 Å². The van der Waals surface area contributed by atoms with Crippen LogP contribution in [0, 0.1) is 11.2 Å². The van der Waals surface area contributed by atoms with Gasteiger partial charge in [0.1, 0.15) is 5.82 Å². The molecule has 3 N–H and O–H groups in total. The molecule has 1 fully saturated rings. The summed E-state index contributed by atoms with van der Waals surface area (Å²) in [6.45, 7) is 4.06. The topological polar surface area (TPSA) is 79.5 Å². The lowest BCUT2D eigenvalue weighted by atomic mass is 9.79. The molecule has 132 valence electrons. The minimum Gasteiger partial charge on any atom is -0.384 e. The molecule has 2 rings (SSSR count). The van der Waals surface area contributed by atoms with Crippen molar-refractivity contribution in [2.45, 2.75) is 19.8 Å². The van der Waals surface area contributed by atoms with Crippen LogP contribution in [0.3, 0.4) is 0 Å².